The van der Waals surface area contributed by atoms with Crippen molar-refractivity contribution in [1.82, 2.24) is 10.6 Å². The molecule has 148 valence electrons. The third-order valence-corrected chi connectivity index (χ3v) is 3.74. The Kier molecular flexibility index (Phi) is 8.31. The van der Waals surface area contributed by atoms with Gasteiger partial charge in [-0.2, -0.15) is 0 Å². The van der Waals surface area contributed by atoms with E-state index in [2.05, 4.69) is 10.6 Å². The van der Waals surface area contributed by atoms with E-state index in [9.17, 15) is 29.8 Å². The molecule has 1 aromatic rings. The van der Waals surface area contributed by atoms with Gasteiger partial charge in [0.05, 0.1) is 21.5 Å². The van der Waals surface area contributed by atoms with Gasteiger partial charge >= 0.3 is 0 Å². The van der Waals surface area contributed by atoms with Crippen LogP contribution in [0.4, 0.5) is 11.4 Å². The topological polar surface area (TPSA) is 144 Å². The summed E-state index contributed by atoms with van der Waals surface area (Å²) in [6, 6.07) is 1.83. The molecule has 2 N–H and O–H groups in total. The Morgan fingerprint density at radius 1 is 1.07 bits per heavy atom. The van der Waals surface area contributed by atoms with E-state index >= 15 is 0 Å². The van der Waals surface area contributed by atoms with E-state index in [1.807, 2.05) is 20.8 Å². The molecule has 10 heteroatoms. The largest absolute Gasteiger partial charge is 0.354 e. The third-order valence-electron chi connectivity index (χ3n) is 3.74. The van der Waals surface area contributed by atoms with E-state index in [0.717, 1.165) is 31.0 Å². The lowest BCUT2D eigenvalue weighted by molar-refractivity contribution is -0.394. The Bertz CT molecular complexity index is 687. The second-order valence-electron chi connectivity index (χ2n) is 6.55. The molecule has 0 bridgehead atoms. The molecule has 2 amide bonds. The van der Waals surface area contributed by atoms with E-state index in [0.29, 0.717) is 13.0 Å². The maximum absolute atomic E-state index is 12.5. The molecule has 1 rings (SSSR count). The zero-order chi connectivity index (χ0) is 20.6. The fourth-order valence-corrected chi connectivity index (χ4v) is 2.39. The Balaban J connectivity index is 3.04. The van der Waals surface area contributed by atoms with Gasteiger partial charge in [0.2, 0.25) is 5.91 Å². The summed E-state index contributed by atoms with van der Waals surface area (Å²) in [5.74, 6) is -1.03. The van der Waals surface area contributed by atoms with Gasteiger partial charge in [0, 0.05) is 18.7 Å². The molecular formula is C17H24N4O6. The van der Waals surface area contributed by atoms with E-state index in [1.165, 1.54) is 0 Å². The van der Waals surface area contributed by atoms with Gasteiger partial charge in [0.1, 0.15) is 6.04 Å². The van der Waals surface area contributed by atoms with Crippen molar-refractivity contribution >= 4 is 23.2 Å². The molecule has 0 saturated heterocycles. The highest BCUT2D eigenvalue weighted by molar-refractivity contribution is 5.98. The van der Waals surface area contributed by atoms with Crippen molar-refractivity contribution in [2.75, 3.05) is 6.54 Å². The number of nitrogens with zero attached hydrogens (tertiary/aromatic N) is 2. The number of unbranched alkanes of at least 4 members (excludes halogenated alkanes) is 1. The molecule has 0 aliphatic rings. The number of nitro groups is 2. The Labute approximate surface area is 156 Å². The number of rotatable bonds is 10. The molecule has 0 unspecified atom stereocenters. The van der Waals surface area contributed by atoms with E-state index in [1.54, 1.807) is 0 Å². The normalized spacial score (nSPS) is 11.7. The van der Waals surface area contributed by atoms with Crippen molar-refractivity contribution in [2.24, 2.45) is 5.92 Å². The SMILES string of the molecule is CCCCNC(=O)[C@H](CC(C)C)NC(=O)c1cc([N+](=O)[O-])cc([N+](=O)[O-])c1. The Morgan fingerprint density at radius 3 is 2.07 bits per heavy atom. The minimum atomic E-state index is -0.840. The van der Waals surface area contributed by atoms with Crippen LogP contribution >= 0.6 is 0 Å². The zero-order valence-electron chi connectivity index (χ0n) is 15.6. The number of non-ortho nitro benzene ring substituents is 2. The first kappa shape index (κ1) is 22.0. The van der Waals surface area contributed by atoms with Gasteiger partial charge in [-0.1, -0.05) is 27.2 Å². The number of hydrogen-bond acceptors (Lipinski definition) is 6. The molecule has 27 heavy (non-hydrogen) atoms. The second-order valence-corrected chi connectivity index (χ2v) is 6.55. The fraction of sp³-hybridized carbons (Fsp3) is 0.529. The predicted octanol–water partition coefficient (Wildman–Crippen LogP) is 2.56. The van der Waals surface area contributed by atoms with E-state index in [4.69, 9.17) is 0 Å². The van der Waals surface area contributed by atoms with Crippen LogP contribution in [0.5, 0.6) is 0 Å². The molecule has 0 heterocycles. The molecule has 0 aliphatic heterocycles. The van der Waals surface area contributed by atoms with Gasteiger partial charge in [-0.25, -0.2) is 0 Å². The summed E-state index contributed by atoms with van der Waals surface area (Å²) >= 11 is 0. The minimum Gasteiger partial charge on any atom is -0.354 e. The summed E-state index contributed by atoms with van der Waals surface area (Å²) in [7, 11) is 0. The number of carbonyl (C=O) groups is 2. The monoisotopic (exact) mass is 380 g/mol. The van der Waals surface area contributed by atoms with Crippen LogP contribution in [0.25, 0.3) is 0 Å². The van der Waals surface area contributed by atoms with Crippen LogP contribution < -0.4 is 10.6 Å². The maximum Gasteiger partial charge on any atom is 0.277 e. The molecule has 0 fully saturated rings. The zero-order valence-corrected chi connectivity index (χ0v) is 15.6. The van der Waals surface area contributed by atoms with Crippen molar-refractivity contribution in [1.29, 1.82) is 0 Å². The number of hydrogen-bond donors (Lipinski definition) is 2. The average molecular weight is 380 g/mol. The molecule has 0 saturated carbocycles. The first-order valence-electron chi connectivity index (χ1n) is 8.68. The smallest absolute Gasteiger partial charge is 0.277 e. The molecule has 0 aromatic heterocycles. The molecule has 10 nitrogen and oxygen atoms in total. The number of nitrogens with one attached hydrogen (secondary N) is 2. The molecule has 1 aromatic carbocycles. The van der Waals surface area contributed by atoms with Crippen molar-refractivity contribution in [3.05, 3.63) is 44.0 Å². The molecule has 0 spiro atoms. The second kappa shape index (κ2) is 10.2. The van der Waals surface area contributed by atoms with Crippen LogP contribution in [0, 0.1) is 26.1 Å². The van der Waals surface area contributed by atoms with Crippen LogP contribution in [-0.2, 0) is 4.79 Å². The summed E-state index contributed by atoms with van der Waals surface area (Å²) in [5.41, 5.74) is -1.38. The molecular weight excluding hydrogens is 356 g/mol. The lowest BCUT2D eigenvalue weighted by Gasteiger charge is -2.20. The van der Waals surface area contributed by atoms with Crippen LogP contribution in [0.1, 0.15) is 50.4 Å². The summed E-state index contributed by atoms with van der Waals surface area (Å²) in [6.07, 6.45) is 2.06. The Hall–Kier alpha value is -3.04. The van der Waals surface area contributed by atoms with Crippen LogP contribution in [0.3, 0.4) is 0 Å². The standard InChI is InChI=1S/C17H24N4O6/c1-4-5-6-18-17(23)15(7-11(2)3)19-16(22)12-8-13(20(24)25)10-14(9-12)21(26)27/h8-11,15H,4-7H2,1-3H3,(H,18,23)(H,19,22)/t15-/m0/s1. The van der Waals surface area contributed by atoms with Gasteiger partial charge in [-0.05, 0) is 18.8 Å². The lowest BCUT2D eigenvalue weighted by Crippen LogP contribution is -2.47. The molecule has 1 atom stereocenters. The van der Waals surface area contributed by atoms with Gasteiger partial charge in [0.25, 0.3) is 17.3 Å². The summed E-state index contributed by atoms with van der Waals surface area (Å²) in [4.78, 5) is 45.1. The summed E-state index contributed by atoms with van der Waals surface area (Å²) in [5, 5.41) is 27.2. The van der Waals surface area contributed by atoms with E-state index < -0.39 is 33.2 Å². The number of nitro benzene ring substituents is 2. The number of benzene rings is 1. The highest BCUT2D eigenvalue weighted by atomic mass is 16.6. The molecule has 0 aliphatic carbocycles. The fourth-order valence-electron chi connectivity index (χ4n) is 2.39. The maximum atomic E-state index is 12.5. The first-order valence-corrected chi connectivity index (χ1v) is 8.68. The van der Waals surface area contributed by atoms with Crippen LogP contribution in [0.15, 0.2) is 18.2 Å². The minimum absolute atomic E-state index is 0.103. The quantitative estimate of drug-likeness (QED) is 0.362. The molecule has 0 radical (unpaired) electrons. The first-order chi connectivity index (χ1) is 12.6. The van der Waals surface area contributed by atoms with Crippen molar-refractivity contribution in [3.63, 3.8) is 0 Å². The van der Waals surface area contributed by atoms with Crippen LogP contribution in [-0.4, -0.2) is 34.2 Å². The summed E-state index contributed by atoms with van der Waals surface area (Å²) in [6.45, 7) is 6.23. The van der Waals surface area contributed by atoms with Crippen molar-refractivity contribution < 1.29 is 19.4 Å². The number of carbonyl (C=O) groups excluding carboxylic acids is 2. The third kappa shape index (κ3) is 7.00. The van der Waals surface area contributed by atoms with Gasteiger partial charge < -0.3 is 10.6 Å². The highest BCUT2D eigenvalue weighted by Crippen LogP contribution is 2.23. The predicted molar refractivity (Wildman–Crippen MR) is 98.4 cm³/mol. The average Bonchev–Trinajstić information content (AvgIpc) is 2.60. The van der Waals surface area contributed by atoms with Gasteiger partial charge in [-0.15, -0.1) is 0 Å². The van der Waals surface area contributed by atoms with Crippen molar-refractivity contribution in [2.45, 2.75) is 46.1 Å². The van der Waals surface area contributed by atoms with Crippen molar-refractivity contribution in [3.8, 4) is 0 Å². The van der Waals surface area contributed by atoms with E-state index in [-0.39, 0.29) is 17.4 Å². The summed E-state index contributed by atoms with van der Waals surface area (Å²) < 4.78 is 0. The lowest BCUT2D eigenvalue weighted by atomic mass is 10.0. The Morgan fingerprint density at radius 2 is 1.63 bits per heavy atom. The van der Waals surface area contributed by atoms with Crippen LogP contribution in [0.2, 0.25) is 0 Å². The number of amides is 2. The van der Waals surface area contributed by atoms with Gasteiger partial charge in [-0.3, -0.25) is 29.8 Å². The highest BCUT2D eigenvalue weighted by Gasteiger charge is 2.25. The van der Waals surface area contributed by atoms with Gasteiger partial charge in [0.15, 0.2) is 0 Å².